The summed E-state index contributed by atoms with van der Waals surface area (Å²) in [5.41, 5.74) is 2.64. The Labute approximate surface area is 166 Å². The first-order valence-electron chi connectivity index (χ1n) is 9.68. The molecule has 0 spiro atoms. The smallest absolute Gasteiger partial charge is 0.243 e. The van der Waals surface area contributed by atoms with Crippen LogP contribution in [0.4, 0.5) is 4.39 Å². The largest absolute Gasteiger partial charge is 0.497 e. The summed E-state index contributed by atoms with van der Waals surface area (Å²) < 4.78 is 18.2. The van der Waals surface area contributed by atoms with Crippen molar-refractivity contribution in [2.45, 2.75) is 51.5 Å². The van der Waals surface area contributed by atoms with Crippen molar-refractivity contribution in [2.24, 2.45) is 5.10 Å². The molecule has 0 saturated heterocycles. The molecule has 0 N–H and O–H groups in total. The van der Waals surface area contributed by atoms with Gasteiger partial charge in [0.2, 0.25) is 5.91 Å². The summed E-state index contributed by atoms with van der Waals surface area (Å²) in [7, 11) is 1.64. The summed E-state index contributed by atoms with van der Waals surface area (Å²) in [6.45, 7) is 4.08. The summed E-state index contributed by atoms with van der Waals surface area (Å²) in [4.78, 5) is 12.8. The van der Waals surface area contributed by atoms with E-state index >= 15 is 0 Å². The van der Waals surface area contributed by atoms with Gasteiger partial charge in [0.05, 0.1) is 18.4 Å². The van der Waals surface area contributed by atoms with E-state index in [9.17, 15) is 9.18 Å². The minimum Gasteiger partial charge on any atom is -0.497 e. The van der Waals surface area contributed by atoms with E-state index in [2.05, 4.69) is 5.10 Å². The van der Waals surface area contributed by atoms with Gasteiger partial charge in [-0.3, -0.25) is 4.79 Å². The van der Waals surface area contributed by atoms with E-state index in [-0.39, 0.29) is 17.3 Å². The highest BCUT2D eigenvalue weighted by molar-refractivity contribution is 6.03. The maximum Gasteiger partial charge on any atom is 0.243 e. The molecule has 2 aromatic carbocycles. The van der Waals surface area contributed by atoms with Gasteiger partial charge in [-0.1, -0.05) is 24.3 Å². The third-order valence-corrected chi connectivity index (χ3v) is 5.05. The lowest BCUT2D eigenvalue weighted by molar-refractivity contribution is -0.135. The van der Waals surface area contributed by atoms with Crippen molar-refractivity contribution in [3.8, 4) is 5.75 Å². The number of rotatable bonds is 7. The van der Waals surface area contributed by atoms with Gasteiger partial charge < -0.3 is 4.74 Å². The molecule has 0 fully saturated rings. The van der Waals surface area contributed by atoms with Gasteiger partial charge in [-0.25, -0.2) is 9.40 Å². The number of carbonyl (C=O) groups excluding carboxylic acids is 1. The SMILES string of the molecule is COc1cccc(C2=NN(C(=O)CCCCc3ccc(F)cc3)C(C)(C)C2)c1. The summed E-state index contributed by atoms with van der Waals surface area (Å²) in [5, 5.41) is 6.27. The fourth-order valence-corrected chi connectivity index (χ4v) is 3.49. The summed E-state index contributed by atoms with van der Waals surface area (Å²) in [6.07, 6.45) is 3.68. The Morgan fingerprint density at radius 1 is 1.18 bits per heavy atom. The minimum atomic E-state index is -0.341. The minimum absolute atomic E-state index is 0.0435. The zero-order valence-corrected chi connectivity index (χ0v) is 16.7. The molecule has 1 amide bonds. The molecule has 1 heterocycles. The van der Waals surface area contributed by atoms with Gasteiger partial charge in [0.1, 0.15) is 11.6 Å². The Hall–Kier alpha value is -2.69. The molecule has 0 aromatic heterocycles. The molecule has 1 aliphatic rings. The van der Waals surface area contributed by atoms with Crippen molar-refractivity contribution in [2.75, 3.05) is 7.11 Å². The Morgan fingerprint density at radius 3 is 2.64 bits per heavy atom. The van der Waals surface area contributed by atoms with E-state index in [1.54, 1.807) is 24.3 Å². The number of hydrogen-bond donors (Lipinski definition) is 0. The molecule has 1 aliphatic heterocycles. The van der Waals surface area contributed by atoms with Crippen LogP contribution in [0.15, 0.2) is 53.6 Å². The molecule has 5 heteroatoms. The lowest BCUT2D eigenvalue weighted by Crippen LogP contribution is -2.40. The van der Waals surface area contributed by atoms with Crippen LogP contribution in [-0.4, -0.2) is 29.3 Å². The molecular formula is C23H27FN2O2. The van der Waals surface area contributed by atoms with Gasteiger partial charge in [0.15, 0.2) is 0 Å². The van der Waals surface area contributed by atoms with Gasteiger partial charge in [-0.05, 0) is 62.9 Å². The second-order valence-electron chi connectivity index (χ2n) is 7.81. The number of methoxy groups -OCH3 is 1. The Bertz CT molecular complexity index is 859. The maximum atomic E-state index is 13.0. The number of benzene rings is 2. The number of aryl methyl sites for hydroxylation is 1. The van der Waals surface area contributed by atoms with Crippen molar-refractivity contribution in [3.05, 3.63) is 65.5 Å². The summed E-state index contributed by atoms with van der Waals surface area (Å²) in [6, 6.07) is 14.3. The standard InChI is InChI=1S/C23H27FN2O2/c1-23(2)16-21(18-8-6-9-20(15-18)28-3)25-26(23)22(27)10-5-4-7-17-11-13-19(24)14-12-17/h6,8-9,11-15H,4-5,7,10,16H2,1-3H3. The van der Waals surface area contributed by atoms with Crippen molar-refractivity contribution >= 4 is 11.6 Å². The number of hydrogen-bond acceptors (Lipinski definition) is 3. The van der Waals surface area contributed by atoms with Crippen LogP contribution < -0.4 is 4.74 Å². The third-order valence-electron chi connectivity index (χ3n) is 5.05. The quantitative estimate of drug-likeness (QED) is 0.635. The zero-order chi connectivity index (χ0) is 20.1. The van der Waals surface area contributed by atoms with Gasteiger partial charge in [-0.15, -0.1) is 0 Å². The predicted octanol–water partition coefficient (Wildman–Crippen LogP) is 4.96. The molecule has 0 unspecified atom stereocenters. The van der Waals surface area contributed by atoms with Crippen molar-refractivity contribution in [3.63, 3.8) is 0 Å². The highest BCUT2D eigenvalue weighted by atomic mass is 19.1. The van der Waals surface area contributed by atoms with Gasteiger partial charge in [0, 0.05) is 18.4 Å². The van der Waals surface area contributed by atoms with E-state index in [1.165, 1.54) is 12.1 Å². The third kappa shape index (κ3) is 4.77. The molecular weight excluding hydrogens is 355 g/mol. The van der Waals surface area contributed by atoms with Crippen molar-refractivity contribution in [1.29, 1.82) is 0 Å². The van der Waals surface area contributed by atoms with Crippen LogP contribution in [0.2, 0.25) is 0 Å². The molecule has 2 aromatic rings. The van der Waals surface area contributed by atoms with Crippen LogP contribution in [-0.2, 0) is 11.2 Å². The molecule has 0 aliphatic carbocycles. The number of amides is 1. The van der Waals surface area contributed by atoms with Crippen molar-refractivity contribution < 1.29 is 13.9 Å². The molecule has 3 rings (SSSR count). The summed E-state index contributed by atoms with van der Waals surface area (Å²) in [5.74, 6) is 0.602. The normalized spacial score (nSPS) is 15.4. The topological polar surface area (TPSA) is 41.9 Å². The second-order valence-corrected chi connectivity index (χ2v) is 7.81. The number of hydrazone groups is 1. The number of ether oxygens (including phenoxy) is 1. The number of carbonyl (C=O) groups is 1. The zero-order valence-electron chi connectivity index (χ0n) is 16.7. The van der Waals surface area contributed by atoms with Gasteiger partial charge >= 0.3 is 0 Å². The second kappa shape index (κ2) is 8.55. The molecule has 0 bridgehead atoms. The highest BCUT2D eigenvalue weighted by Gasteiger charge is 2.38. The first-order chi connectivity index (χ1) is 13.4. The maximum absolute atomic E-state index is 13.0. The summed E-state index contributed by atoms with van der Waals surface area (Å²) >= 11 is 0. The lowest BCUT2D eigenvalue weighted by Gasteiger charge is -2.28. The first kappa shape index (κ1) is 20.1. The molecule has 0 radical (unpaired) electrons. The molecule has 0 saturated carbocycles. The van der Waals surface area contributed by atoms with E-state index in [0.29, 0.717) is 12.8 Å². The lowest BCUT2D eigenvalue weighted by atomic mass is 9.94. The Kier molecular flexibility index (Phi) is 6.12. The predicted molar refractivity (Wildman–Crippen MR) is 109 cm³/mol. The molecule has 4 nitrogen and oxygen atoms in total. The van der Waals surface area contributed by atoms with Crippen LogP contribution in [0.25, 0.3) is 0 Å². The van der Waals surface area contributed by atoms with Crippen LogP contribution in [0.1, 0.15) is 50.7 Å². The van der Waals surface area contributed by atoms with Crippen molar-refractivity contribution in [1.82, 2.24) is 5.01 Å². The van der Waals surface area contributed by atoms with E-state index in [1.807, 2.05) is 38.1 Å². The van der Waals surface area contributed by atoms with Gasteiger partial charge in [0.25, 0.3) is 0 Å². The monoisotopic (exact) mass is 382 g/mol. The number of nitrogens with zero attached hydrogens (tertiary/aromatic N) is 2. The van der Waals surface area contributed by atoms with Gasteiger partial charge in [-0.2, -0.15) is 5.10 Å². The molecule has 28 heavy (non-hydrogen) atoms. The van der Waals surface area contributed by atoms with Crippen LogP contribution in [0.5, 0.6) is 5.75 Å². The van der Waals surface area contributed by atoms with Crippen LogP contribution in [0.3, 0.4) is 0 Å². The fourth-order valence-electron chi connectivity index (χ4n) is 3.49. The number of halogens is 1. The first-order valence-corrected chi connectivity index (χ1v) is 9.68. The van der Waals surface area contributed by atoms with E-state index in [4.69, 9.17) is 4.74 Å². The Balaban J connectivity index is 1.58. The number of unbranched alkanes of at least 4 members (excludes halogenated alkanes) is 1. The van der Waals surface area contributed by atoms with E-state index < -0.39 is 0 Å². The van der Waals surface area contributed by atoms with Crippen LogP contribution in [0, 0.1) is 5.82 Å². The average molecular weight is 382 g/mol. The molecule has 0 atom stereocenters. The highest BCUT2D eigenvalue weighted by Crippen LogP contribution is 2.31. The average Bonchev–Trinajstić information content (AvgIpc) is 3.02. The Morgan fingerprint density at radius 2 is 1.93 bits per heavy atom. The molecule has 148 valence electrons. The van der Waals surface area contributed by atoms with E-state index in [0.717, 1.165) is 41.9 Å². The van der Waals surface area contributed by atoms with Crippen LogP contribution >= 0.6 is 0 Å². The fraction of sp³-hybridized carbons (Fsp3) is 0.391.